The highest BCUT2D eigenvalue weighted by Crippen LogP contribution is 2.17. The van der Waals surface area contributed by atoms with E-state index in [-0.39, 0.29) is 5.82 Å². The third-order valence-corrected chi connectivity index (χ3v) is 4.07. The Bertz CT molecular complexity index is 466. The lowest BCUT2D eigenvalue weighted by Gasteiger charge is -2.20. The van der Waals surface area contributed by atoms with Gasteiger partial charge in [0, 0.05) is 32.7 Å². The largest absolute Gasteiger partial charge is 0.355 e. The third-order valence-electron chi connectivity index (χ3n) is 4.07. The molecule has 1 aliphatic carbocycles. The molecule has 0 spiro atoms. The minimum atomic E-state index is -0.185. The standard InChI is InChI=1S/C17H27FN4/c1-19-17(21-16-5-3-4-6-16)20-11-12-22(2)13-14-7-9-15(18)10-8-14/h7-10,16H,3-6,11-13H2,1-2H3,(H2,19,20,21). The quantitative estimate of drug-likeness (QED) is 0.626. The Balaban J connectivity index is 1.66. The lowest BCUT2D eigenvalue weighted by molar-refractivity contribution is 0.330. The van der Waals surface area contributed by atoms with Gasteiger partial charge in [-0.2, -0.15) is 0 Å². The summed E-state index contributed by atoms with van der Waals surface area (Å²) >= 11 is 0. The normalized spacial score (nSPS) is 16.3. The van der Waals surface area contributed by atoms with E-state index in [0.717, 1.165) is 31.2 Å². The molecule has 0 atom stereocenters. The Kier molecular flexibility index (Phi) is 6.65. The van der Waals surface area contributed by atoms with Crippen molar-refractivity contribution in [2.24, 2.45) is 4.99 Å². The van der Waals surface area contributed by atoms with Crippen LogP contribution in [0.25, 0.3) is 0 Å². The number of nitrogens with one attached hydrogen (secondary N) is 2. The lowest BCUT2D eigenvalue weighted by atomic mass is 10.2. The molecule has 5 heteroatoms. The molecule has 0 unspecified atom stereocenters. The summed E-state index contributed by atoms with van der Waals surface area (Å²) in [4.78, 5) is 6.49. The second kappa shape index (κ2) is 8.73. The maximum Gasteiger partial charge on any atom is 0.191 e. The summed E-state index contributed by atoms with van der Waals surface area (Å²) < 4.78 is 12.9. The molecule has 1 aliphatic rings. The van der Waals surface area contributed by atoms with Crippen molar-refractivity contribution in [3.63, 3.8) is 0 Å². The molecule has 122 valence electrons. The van der Waals surface area contributed by atoms with Crippen LogP contribution in [0.3, 0.4) is 0 Å². The van der Waals surface area contributed by atoms with E-state index in [1.165, 1.54) is 37.8 Å². The van der Waals surface area contributed by atoms with Crippen molar-refractivity contribution in [2.45, 2.75) is 38.3 Å². The number of guanidine groups is 1. The molecule has 0 heterocycles. The van der Waals surface area contributed by atoms with Gasteiger partial charge < -0.3 is 15.5 Å². The van der Waals surface area contributed by atoms with Crippen LogP contribution in [0.1, 0.15) is 31.2 Å². The van der Waals surface area contributed by atoms with Gasteiger partial charge in [0.1, 0.15) is 5.82 Å². The number of nitrogens with zero attached hydrogens (tertiary/aromatic N) is 2. The van der Waals surface area contributed by atoms with Crippen molar-refractivity contribution in [3.8, 4) is 0 Å². The summed E-state index contributed by atoms with van der Waals surface area (Å²) in [6.07, 6.45) is 5.11. The Morgan fingerprint density at radius 1 is 1.27 bits per heavy atom. The first-order valence-electron chi connectivity index (χ1n) is 8.07. The Hall–Kier alpha value is -1.62. The van der Waals surface area contributed by atoms with Crippen molar-refractivity contribution in [1.82, 2.24) is 15.5 Å². The van der Waals surface area contributed by atoms with Crippen LogP contribution in [0.2, 0.25) is 0 Å². The monoisotopic (exact) mass is 306 g/mol. The highest BCUT2D eigenvalue weighted by molar-refractivity contribution is 5.79. The number of benzene rings is 1. The molecule has 4 nitrogen and oxygen atoms in total. The minimum absolute atomic E-state index is 0.185. The molecule has 1 fully saturated rings. The van der Waals surface area contributed by atoms with Crippen LogP contribution in [-0.4, -0.2) is 44.1 Å². The Labute approximate surface area is 132 Å². The first-order valence-corrected chi connectivity index (χ1v) is 8.07. The molecule has 1 saturated carbocycles. The van der Waals surface area contributed by atoms with E-state index in [1.807, 2.05) is 19.2 Å². The van der Waals surface area contributed by atoms with E-state index in [9.17, 15) is 4.39 Å². The van der Waals surface area contributed by atoms with Crippen molar-refractivity contribution in [3.05, 3.63) is 35.6 Å². The molecular weight excluding hydrogens is 279 g/mol. The fourth-order valence-corrected chi connectivity index (χ4v) is 2.80. The van der Waals surface area contributed by atoms with Gasteiger partial charge >= 0.3 is 0 Å². The number of rotatable bonds is 6. The summed E-state index contributed by atoms with van der Waals surface area (Å²) in [5.74, 6) is 0.705. The van der Waals surface area contributed by atoms with E-state index in [1.54, 1.807) is 0 Å². The van der Waals surface area contributed by atoms with Gasteiger partial charge in [0.2, 0.25) is 0 Å². The van der Waals surface area contributed by atoms with Gasteiger partial charge in [-0.05, 0) is 37.6 Å². The molecule has 0 amide bonds. The topological polar surface area (TPSA) is 39.7 Å². The predicted octanol–water partition coefficient (Wildman–Crippen LogP) is 2.37. The van der Waals surface area contributed by atoms with Crippen LogP contribution >= 0.6 is 0 Å². The molecule has 0 aromatic heterocycles. The molecule has 0 saturated heterocycles. The summed E-state index contributed by atoms with van der Waals surface area (Å²) in [5.41, 5.74) is 1.12. The average Bonchev–Trinajstić information content (AvgIpc) is 3.01. The SMILES string of the molecule is CN=C(NCCN(C)Cc1ccc(F)cc1)NC1CCCC1. The van der Waals surface area contributed by atoms with Crippen LogP contribution < -0.4 is 10.6 Å². The van der Waals surface area contributed by atoms with E-state index in [2.05, 4.69) is 27.6 Å². The maximum absolute atomic E-state index is 12.9. The van der Waals surface area contributed by atoms with Crippen molar-refractivity contribution < 1.29 is 4.39 Å². The van der Waals surface area contributed by atoms with Crippen LogP contribution in [0.4, 0.5) is 4.39 Å². The van der Waals surface area contributed by atoms with Crippen LogP contribution in [0, 0.1) is 5.82 Å². The summed E-state index contributed by atoms with van der Waals surface area (Å²) in [6.45, 7) is 2.56. The molecule has 1 aromatic carbocycles. The van der Waals surface area contributed by atoms with Crippen molar-refractivity contribution >= 4 is 5.96 Å². The van der Waals surface area contributed by atoms with Crippen molar-refractivity contribution in [1.29, 1.82) is 0 Å². The molecule has 2 rings (SSSR count). The zero-order valence-electron chi connectivity index (χ0n) is 13.6. The van der Waals surface area contributed by atoms with Crippen molar-refractivity contribution in [2.75, 3.05) is 27.2 Å². The zero-order valence-corrected chi connectivity index (χ0v) is 13.6. The van der Waals surface area contributed by atoms with Gasteiger partial charge in [-0.3, -0.25) is 4.99 Å². The molecule has 0 radical (unpaired) electrons. The molecular formula is C17H27FN4. The average molecular weight is 306 g/mol. The second-order valence-electron chi connectivity index (χ2n) is 5.99. The first kappa shape index (κ1) is 16.7. The number of hydrogen-bond acceptors (Lipinski definition) is 2. The molecule has 22 heavy (non-hydrogen) atoms. The van der Waals surface area contributed by atoms with Gasteiger partial charge in [-0.15, -0.1) is 0 Å². The predicted molar refractivity (Wildman–Crippen MR) is 89.5 cm³/mol. The highest BCUT2D eigenvalue weighted by Gasteiger charge is 2.15. The molecule has 0 aliphatic heterocycles. The van der Waals surface area contributed by atoms with E-state index in [0.29, 0.717) is 6.04 Å². The summed E-state index contributed by atoms with van der Waals surface area (Å²) in [6, 6.07) is 7.26. The lowest BCUT2D eigenvalue weighted by Crippen LogP contribution is -2.44. The summed E-state index contributed by atoms with van der Waals surface area (Å²) in [5, 5.41) is 6.83. The summed E-state index contributed by atoms with van der Waals surface area (Å²) in [7, 11) is 3.88. The maximum atomic E-state index is 12.9. The van der Waals surface area contributed by atoms with Gasteiger partial charge in [0.05, 0.1) is 0 Å². The number of likely N-dealkylation sites (N-methyl/N-ethyl adjacent to an activating group) is 1. The van der Waals surface area contributed by atoms with Gasteiger partial charge in [-0.25, -0.2) is 4.39 Å². The van der Waals surface area contributed by atoms with Gasteiger partial charge in [0.25, 0.3) is 0 Å². The van der Waals surface area contributed by atoms with Crippen LogP contribution in [0.15, 0.2) is 29.3 Å². The van der Waals surface area contributed by atoms with Gasteiger partial charge in [-0.1, -0.05) is 25.0 Å². The number of hydrogen-bond donors (Lipinski definition) is 2. The van der Waals surface area contributed by atoms with E-state index < -0.39 is 0 Å². The molecule has 1 aromatic rings. The fraction of sp³-hybridized carbons (Fsp3) is 0.588. The molecule has 0 bridgehead atoms. The third kappa shape index (κ3) is 5.64. The molecule has 2 N–H and O–H groups in total. The van der Waals surface area contributed by atoms with Crippen LogP contribution in [-0.2, 0) is 6.54 Å². The Morgan fingerprint density at radius 3 is 2.59 bits per heavy atom. The van der Waals surface area contributed by atoms with E-state index >= 15 is 0 Å². The highest BCUT2D eigenvalue weighted by atomic mass is 19.1. The zero-order chi connectivity index (χ0) is 15.8. The van der Waals surface area contributed by atoms with Crippen LogP contribution in [0.5, 0.6) is 0 Å². The Morgan fingerprint density at radius 2 is 1.95 bits per heavy atom. The smallest absolute Gasteiger partial charge is 0.191 e. The minimum Gasteiger partial charge on any atom is -0.355 e. The second-order valence-corrected chi connectivity index (χ2v) is 5.99. The number of aliphatic imine (C=N–C) groups is 1. The van der Waals surface area contributed by atoms with E-state index in [4.69, 9.17) is 0 Å². The first-order chi connectivity index (χ1) is 10.7. The van der Waals surface area contributed by atoms with Gasteiger partial charge in [0.15, 0.2) is 5.96 Å². The number of halogens is 1. The fourth-order valence-electron chi connectivity index (χ4n) is 2.80.